The normalized spacial score (nSPS) is 10.2. The molecule has 0 bridgehead atoms. The SMILES string of the molecule is COC(=O)c1c(-c2ccc(Cl)cc2)ccnc1C. The van der Waals surface area contributed by atoms with Crippen molar-refractivity contribution in [1.29, 1.82) is 0 Å². The van der Waals surface area contributed by atoms with Crippen molar-refractivity contribution < 1.29 is 9.53 Å². The first kappa shape index (κ1) is 12.6. The Hall–Kier alpha value is -1.87. The van der Waals surface area contributed by atoms with E-state index < -0.39 is 0 Å². The molecule has 1 aromatic carbocycles. The van der Waals surface area contributed by atoms with Crippen LogP contribution in [-0.2, 0) is 4.74 Å². The monoisotopic (exact) mass is 261 g/mol. The number of ether oxygens (including phenoxy) is 1. The zero-order valence-corrected chi connectivity index (χ0v) is 10.9. The van der Waals surface area contributed by atoms with E-state index in [0.29, 0.717) is 16.3 Å². The van der Waals surface area contributed by atoms with Crippen LogP contribution < -0.4 is 0 Å². The number of methoxy groups -OCH3 is 1. The molecule has 92 valence electrons. The van der Waals surface area contributed by atoms with Crippen LogP contribution in [0.25, 0.3) is 11.1 Å². The molecular weight excluding hydrogens is 250 g/mol. The Labute approximate surface area is 110 Å². The van der Waals surface area contributed by atoms with Crippen LogP contribution in [0.2, 0.25) is 5.02 Å². The van der Waals surface area contributed by atoms with Gasteiger partial charge >= 0.3 is 5.97 Å². The van der Waals surface area contributed by atoms with Crippen molar-refractivity contribution in [2.24, 2.45) is 0 Å². The van der Waals surface area contributed by atoms with Crippen LogP contribution in [0.15, 0.2) is 36.5 Å². The summed E-state index contributed by atoms with van der Waals surface area (Å²) in [5.74, 6) is -0.384. The standard InChI is InChI=1S/C14H12ClNO2/c1-9-13(14(17)18-2)12(7-8-16-9)10-3-5-11(15)6-4-10/h3-8H,1-2H3. The van der Waals surface area contributed by atoms with E-state index in [1.807, 2.05) is 12.1 Å². The summed E-state index contributed by atoms with van der Waals surface area (Å²) in [5.41, 5.74) is 2.84. The average Bonchev–Trinajstić information content (AvgIpc) is 2.38. The summed E-state index contributed by atoms with van der Waals surface area (Å²) in [4.78, 5) is 15.9. The number of nitrogens with zero attached hydrogens (tertiary/aromatic N) is 1. The van der Waals surface area contributed by atoms with E-state index >= 15 is 0 Å². The molecule has 1 heterocycles. The molecular formula is C14H12ClNO2. The first-order valence-electron chi connectivity index (χ1n) is 5.43. The van der Waals surface area contributed by atoms with Crippen LogP contribution >= 0.6 is 11.6 Å². The molecule has 18 heavy (non-hydrogen) atoms. The second-order valence-corrected chi connectivity index (χ2v) is 4.25. The maximum Gasteiger partial charge on any atom is 0.340 e. The van der Waals surface area contributed by atoms with Crippen LogP contribution in [0, 0.1) is 6.92 Å². The fraction of sp³-hybridized carbons (Fsp3) is 0.143. The molecule has 4 heteroatoms. The molecule has 0 saturated carbocycles. The highest BCUT2D eigenvalue weighted by molar-refractivity contribution is 6.30. The van der Waals surface area contributed by atoms with Gasteiger partial charge in [-0.15, -0.1) is 0 Å². The van der Waals surface area contributed by atoms with Gasteiger partial charge in [0.15, 0.2) is 0 Å². The summed E-state index contributed by atoms with van der Waals surface area (Å²) < 4.78 is 4.80. The van der Waals surface area contributed by atoms with Gasteiger partial charge in [0.25, 0.3) is 0 Å². The number of carbonyl (C=O) groups is 1. The van der Waals surface area contributed by atoms with Crippen molar-refractivity contribution in [2.45, 2.75) is 6.92 Å². The smallest absolute Gasteiger partial charge is 0.340 e. The fourth-order valence-corrected chi connectivity index (χ4v) is 1.92. The van der Waals surface area contributed by atoms with Crippen LogP contribution in [0.5, 0.6) is 0 Å². The molecule has 0 amide bonds. The van der Waals surface area contributed by atoms with Gasteiger partial charge in [-0.25, -0.2) is 4.79 Å². The maximum atomic E-state index is 11.8. The van der Waals surface area contributed by atoms with Crippen LogP contribution in [0.1, 0.15) is 16.1 Å². The molecule has 0 unspecified atom stereocenters. The largest absolute Gasteiger partial charge is 0.465 e. The Morgan fingerprint density at radius 3 is 2.50 bits per heavy atom. The zero-order valence-electron chi connectivity index (χ0n) is 10.1. The van der Waals surface area contributed by atoms with Crippen molar-refractivity contribution >= 4 is 17.6 Å². The molecule has 1 aromatic heterocycles. The van der Waals surface area contributed by atoms with Gasteiger partial charge < -0.3 is 4.74 Å². The van der Waals surface area contributed by atoms with Gasteiger partial charge in [0, 0.05) is 11.2 Å². The molecule has 2 aromatic rings. The number of halogens is 1. The third-order valence-corrected chi connectivity index (χ3v) is 2.94. The third-order valence-electron chi connectivity index (χ3n) is 2.69. The Morgan fingerprint density at radius 1 is 1.22 bits per heavy atom. The minimum absolute atomic E-state index is 0.384. The van der Waals surface area contributed by atoms with Crippen molar-refractivity contribution in [3.63, 3.8) is 0 Å². The van der Waals surface area contributed by atoms with E-state index in [0.717, 1.165) is 11.1 Å². The van der Waals surface area contributed by atoms with Gasteiger partial charge in [0.2, 0.25) is 0 Å². The van der Waals surface area contributed by atoms with Gasteiger partial charge in [-0.3, -0.25) is 4.98 Å². The fourth-order valence-electron chi connectivity index (χ4n) is 1.80. The molecule has 2 rings (SSSR count). The highest BCUT2D eigenvalue weighted by Gasteiger charge is 2.16. The summed E-state index contributed by atoms with van der Waals surface area (Å²) in [6.45, 7) is 1.78. The minimum Gasteiger partial charge on any atom is -0.465 e. The summed E-state index contributed by atoms with van der Waals surface area (Å²) in [5, 5.41) is 0.657. The van der Waals surface area contributed by atoms with Gasteiger partial charge in [-0.05, 0) is 36.2 Å². The Morgan fingerprint density at radius 2 is 1.89 bits per heavy atom. The molecule has 0 atom stereocenters. The second-order valence-electron chi connectivity index (χ2n) is 3.82. The molecule has 3 nitrogen and oxygen atoms in total. The minimum atomic E-state index is -0.384. The molecule has 0 spiro atoms. The predicted octanol–water partition coefficient (Wildman–Crippen LogP) is 3.50. The molecule has 0 radical (unpaired) electrons. The second kappa shape index (κ2) is 5.19. The van der Waals surface area contributed by atoms with Crippen molar-refractivity contribution in [2.75, 3.05) is 7.11 Å². The van der Waals surface area contributed by atoms with E-state index in [4.69, 9.17) is 16.3 Å². The maximum absolute atomic E-state index is 11.8. The van der Waals surface area contributed by atoms with Crippen LogP contribution in [-0.4, -0.2) is 18.1 Å². The van der Waals surface area contributed by atoms with E-state index in [1.54, 1.807) is 31.3 Å². The lowest BCUT2D eigenvalue weighted by Crippen LogP contribution is -2.07. The highest BCUT2D eigenvalue weighted by atomic mass is 35.5. The highest BCUT2D eigenvalue weighted by Crippen LogP contribution is 2.26. The van der Waals surface area contributed by atoms with E-state index in [1.165, 1.54) is 7.11 Å². The third kappa shape index (κ3) is 2.36. The van der Waals surface area contributed by atoms with Crippen molar-refractivity contribution in [3.8, 4) is 11.1 Å². The summed E-state index contributed by atoms with van der Waals surface area (Å²) in [6, 6.07) is 9.09. The number of aryl methyl sites for hydroxylation is 1. The number of hydrogen-bond acceptors (Lipinski definition) is 3. The molecule has 0 aliphatic heterocycles. The van der Waals surface area contributed by atoms with E-state index in [2.05, 4.69) is 4.98 Å². The number of esters is 1. The first-order valence-corrected chi connectivity index (χ1v) is 5.81. The number of aromatic nitrogens is 1. The Kier molecular flexibility index (Phi) is 3.63. The topological polar surface area (TPSA) is 39.2 Å². The van der Waals surface area contributed by atoms with Crippen LogP contribution in [0.3, 0.4) is 0 Å². The van der Waals surface area contributed by atoms with Crippen LogP contribution in [0.4, 0.5) is 0 Å². The Bertz CT molecular complexity index is 579. The van der Waals surface area contributed by atoms with Gasteiger partial charge in [0.05, 0.1) is 18.4 Å². The molecule has 0 fully saturated rings. The lowest BCUT2D eigenvalue weighted by molar-refractivity contribution is 0.0600. The summed E-state index contributed by atoms with van der Waals surface area (Å²) in [7, 11) is 1.36. The number of benzene rings is 1. The van der Waals surface area contributed by atoms with Crippen molar-refractivity contribution in [3.05, 3.63) is 52.8 Å². The van der Waals surface area contributed by atoms with E-state index in [9.17, 15) is 4.79 Å². The zero-order chi connectivity index (χ0) is 13.1. The first-order chi connectivity index (χ1) is 8.63. The molecule has 0 N–H and O–H groups in total. The average molecular weight is 262 g/mol. The van der Waals surface area contributed by atoms with Crippen molar-refractivity contribution in [1.82, 2.24) is 4.98 Å². The molecule has 0 aliphatic rings. The molecule has 0 saturated heterocycles. The lowest BCUT2D eigenvalue weighted by Gasteiger charge is -2.10. The van der Waals surface area contributed by atoms with E-state index in [-0.39, 0.29) is 5.97 Å². The number of rotatable bonds is 2. The summed E-state index contributed by atoms with van der Waals surface area (Å²) >= 11 is 5.86. The Balaban J connectivity index is 2.60. The van der Waals surface area contributed by atoms with Gasteiger partial charge in [-0.2, -0.15) is 0 Å². The number of carbonyl (C=O) groups excluding carboxylic acids is 1. The summed E-state index contributed by atoms with van der Waals surface area (Å²) in [6.07, 6.45) is 1.67. The quantitative estimate of drug-likeness (QED) is 0.777. The number of pyridine rings is 1. The number of hydrogen-bond donors (Lipinski definition) is 0. The van der Waals surface area contributed by atoms with Gasteiger partial charge in [0.1, 0.15) is 0 Å². The lowest BCUT2D eigenvalue weighted by atomic mass is 9.99. The van der Waals surface area contributed by atoms with Gasteiger partial charge in [-0.1, -0.05) is 23.7 Å². The predicted molar refractivity (Wildman–Crippen MR) is 70.8 cm³/mol. The molecule has 0 aliphatic carbocycles.